The highest BCUT2D eigenvalue weighted by molar-refractivity contribution is 5.25. The van der Waals surface area contributed by atoms with Crippen LogP contribution in [0.15, 0.2) is 18.2 Å². The Morgan fingerprint density at radius 2 is 2.12 bits per heavy atom. The normalized spacial score (nSPS) is 14.2. The minimum atomic E-state index is -0.181. The Morgan fingerprint density at radius 1 is 1.44 bits per heavy atom. The van der Waals surface area contributed by atoms with Crippen LogP contribution in [0.3, 0.4) is 0 Å². The van der Waals surface area contributed by atoms with E-state index in [-0.39, 0.29) is 17.9 Å². The molecular formula is C13H17FN2. The summed E-state index contributed by atoms with van der Waals surface area (Å²) in [7, 11) is 0. The Morgan fingerprint density at radius 3 is 2.69 bits per heavy atom. The fraction of sp³-hybridized carbons (Fsp3) is 0.462. The molecule has 0 amide bonds. The molecule has 0 saturated heterocycles. The third-order valence-electron chi connectivity index (χ3n) is 2.63. The molecule has 3 heteroatoms. The fourth-order valence-electron chi connectivity index (χ4n) is 1.60. The smallest absolute Gasteiger partial charge is 0.126 e. The van der Waals surface area contributed by atoms with Crippen LogP contribution in [0.5, 0.6) is 0 Å². The minimum Gasteiger partial charge on any atom is -0.307 e. The highest BCUT2D eigenvalue weighted by Crippen LogP contribution is 2.17. The Hall–Kier alpha value is -1.40. The maximum Gasteiger partial charge on any atom is 0.126 e. The summed E-state index contributed by atoms with van der Waals surface area (Å²) >= 11 is 0. The zero-order valence-corrected chi connectivity index (χ0v) is 9.92. The van der Waals surface area contributed by atoms with Crippen molar-refractivity contribution < 1.29 is 4.39 Å². The van der Waals surface area contributed by atoms with Gasteiger partial charge in [0.05, 0.1) is 12.5 Å². The lowest BCUT2D eigenvalue weighted by Crippen LogP contribution is -2.28. The monoisotopic (exact) mass is 220 g/mol. The van der Waals surface area contributed by atoms with Gasteiger partial charge in [-0.3, -0.25) is 0 Å². The van der Waals surface area contributed by atoms with Crippen molar-refractivity contribution in [3.05, 3.63) is 35.1 Å². The van der Waals surface area contributed by atoms with Crippen molar-refractivity contribution in [2.75, 3.05) is 0 Å². The quantitative estimate of drug-likeness (QED) is 0.846. The molecule has 0 aliphatic carbocycles. The van der Waals surface area contributed by atoms with Crippen LogP contribution in [-0.4, -0.2) is 6.04 Å². The molecule has 1 rings (SSSR count). The second kappa shape index (κ2) is 5.62. The van der Waals surface area contributed by atoms with E-state index in [9.17, 15) is 4.39 Å². The molecule has 0 spiro atoms. The van der Waals surface area contributed by atoms with Crippen molar-refractivity contribution in [1.82, 2.24) is 5.32 Å². The number of hydrogen-bond acceptors (Lipinski definition) is 2. The van der Waals surface area contributed by atoms with Crippen LogP contribution in [0.4, 0.5) is 4.39 Å². The zero-order chi connectivity index (χ0) is 12.1. The second-order valence-electron chi connectivity index (χ2n) is 4.16. The summed E-state index contributed by atoms with van der Waals surface area (Å²) in [5.41, 5.74) is 1.56. The average molecular weight is 220 g/mol. The molecule has 2 unspecified atom stereocenters. The van der Waals surface area contributed by atoms with E-state index in [1.807, 2.05) is 19.9 Å². The molecule has 0 bridgehead atoms. The summed E-state index contributed by atoms with van der Waals surface area (Å²) in [5, 5.41) is 11.8. The van der Waals surface area contributed by atoms with E-state index in [4.69, 9.17) is 5.26 Å². The number of halogens is 1. The number of aryl methyl sites for hydroxylation is 1. The SMILES string of the molecule is Cc1ccc(C(C)NC(C)CC#N)cc1F. The van der Waals surface area contributed by atoms with Crippen LogP contribution >= 0.6 is 0 Å². The fourth-order valence-corrected chi connectivity index (χ4v) is 1.60. The molecule has 1 N–H and O–H groups in total. The van der Waals surface area contributed by atoms with Crippen LogP contribution in [-0.2, 0) is 0 Å². The highest BCUT2D eigenvalue weighted by atomic mass is 19.1. The molecule has 1 aromatic rings. The number of rotatable bonds is 4. The van der Waals surface area contributed by atoms with Gasteiger partial charge in [0.15, 0.2) is 0 Å². The first-order valence-electron chi connectivity index (χ1n) is 5.43. The predicted molar refractivity (Wildman–Crippen MR) is 62.4 cm³/mol. The summed E-state index contributed by atoms with van der Waals surface area (Å²) in [6.07, 6.45) is 0.457. The van der Waals surface area contributed by atoms with Gasteiger partial charge in [0.25, 0.3) is 0 Å². The van der Waals surface area contributed by atoms with Crippen molar-refractivity contribution in [2.24, 2.45) is 0 Å². The Kier molecular flexibility index (Phi) is 4.45. The van der Waals surface area contributed by atoms with E-state index in [1.54, 1.807) is 19.1 Å². The summed E-state index contributed by atoms with van der Waals surface area (Å²) in [4.78, 5) is 0. The van der Waals surface area contributed by atoms with Crippen molar-refractivity contribution in [3.8, 4) is 6.07 Å². The van der Waals surface area contributed by atoms with Crippen LogP contribution < -0.4 is 5.32 Å². The van der Waals surface area contributed by atoms with Gasteiger partial charge in [0.1, 0.15) is 5.82 Å². The van der Waals surface area contributed by atoms with Gasteiger partial charge in [0.2, 0.25) is 0 Å². The molecule has 2 nitrogen and oxygen atoms in total. The summed E-state index contributed by atoms with van der Waals surface area (Å²) in [6.45, 7) is 5.66. The van der Waals surface area contributed by atoms with Gasteiger partial charge in [0, 0.05) is 12.1 Å². The summed E-state index contributed by atoms with van der Waals surface area (Å²) < 4.78 is 13.3. The van der Waals surface area contributed by atoms with E-state index in [0.717, 1.165) is 5.56 Å². The van der Waals surface area contributed by atoms with Gasteiger partial charge < -0.3 is 5.32 Å². The third kappa shape index (κ3) is 3.32. The molecule has 2 atom stereocenters. The molecule has 86 valence electrons. The second-order valence-corrected chi connectivity index (χ2v) is 4.16. The average Bonchev–Trinajstić information content (AvgIpc) is 2.22. The molecule has 1 aromatic carbocycles. The Labute approximate surface area is 96.1 Å². The summed E-state index contributed by atoms with van der Waals surface area (Å²) in [6, 6.07) is 7.51. The summed E-state index contributed by atoms with van der Waals surface area (Å²) in [5.74, 6) is -0.181. The van der Waals surface area contributed by atoms with E-state index in [1.165, 1.54) is 0 Å². The van der Waals surface area contributed by atoms with Crippen molar-refractivity contribution in [2.45, 2.75) is 39.3 Å². The molecule has 0 aliphatic rings. The molecule has 0 aromatic heterocycles. The van der Waals surface area contributed by atoms with E-state index in [2.05, 4.69) is 11.4 Å². The first-order chi connectivity index (χ1) is 7.54. The van der Waals surface area contributed by atoms with E-state index < -0.39 is 0 Å². The molecule has 0 radical (unpaired) electrons. The maximum absolute atomic E-state index is 13.3. The third-order valence-corrected chi connectivity index (χ3v) is 2.63. The van der Waals surface area contributed by atoms with E-state index >= 15 is 0 Å². The number of hydrogen-bond donors (Lipinski definition) is 1. The highest BCUT2D eigenvalue weighted by Gasteiger charge is 2.10. The lowest BCUT2D eigenvalue weighted by atomic mass is 10.0. The molecule has 0 aliphatic heterocycles. The Balaban J connectivity index is 2.70. The van der Waals surface area contributed by atoms with Crippen molar-refractivity contribution in [1.29, 1.82) is 5.26 Å². The zero-order valence-electron chi connectivity index (χ0n) is 9.92. The molecule has 0 fully saturated rings. The van der Waals surface area contributed by atoms with Crippen LogP contribution in [0, 0.1) is 24.1 Å². The van der Waals surface area contributed by atoms with Crippen LogP contribution in [0.25, 0.3) is 0 Å². The number of nitrogens with one attached hydrogen (secondary N) is 1. The van der Waals surface area contributed by atoms with Crippen LogP contribution in [0.1, 0.15) is 37.4 Å². The predicted octanol–water partition coefficient (Wildman–Crippen LogP) is 3.09. The maximum atomic E-state index is 13.3. The van der Waals surface area contributed by atoms with Gasteiger partial charge >= 0.3 is 0 Å². The van der Waals surface area contributed by atoms with Gasteiger partial charge in [-0.2, -0.15) is 5.26 Å². The standard InChI is InChI=1S/C13H17FN2/c1-9-4-5-12(8-13(9)14)11(3)16-10(2)6-7-15/h4-5,8,10-11,16H,6H2,1-3H3. The van der Waals surface area contributed by atoms with Crippen molar-refractivity contribution in [3.63, 3.8) is 0 Å². The first kappa shape index (κ1) is 12.7. The van der Waals surface area contributed by atoms with Crippen molar-refractivity contribution >= 4 is 0 Å². The van der Waals surface area contributed by atoms with Gasteiger partial charge in [-0.1, -0.05) is 12.1 Å². The number of benzene rings is 1. The number of nitriles is 1. The largest absolute Gasteiger partial charge is 0.307 e. The van der Waals surface area contributed by atoms with Crippen LogP contribution in [0.2, 0.25) is 0 Å². The lowest BCUT2D eigenvalue weighted by Gasteiger charge is -2.18. The minimum absolute atomic E-state index is 0.0541. The molecule has 0 saturated carbocycles. The van der Waals surface area contributed by atoms with Gasteiger partial charge in [-0.25, -0.2) is 4.39 Å². The van der Waals surface area contributed by atoms with Gasteiger partial charge in [-0.05, 0) is 38.0 Å². The van der Waals surface area contributed by atoms with E-state index in [0.29, 0.717) is 12.0 Å². The molecule has 16 heavy (non-hydrogen) atoms. The first-order valence-corrected chi connectivity index (χ1v) is 5.43. The molecular weight excluding hydrogens is 203 g/mol. The lowest BCUT2D eigenvalue weighted by molar-refractivity contribution is 0.482. The topological polar surface area (TPSA) is 35.8 Å². The number of nitrogens with zero attached hydrogens (tertiary/aromatic N) is 1. The van der Waals surface area contributed by atoms with Gasteiger partial charge in [-0.15, -0.1) is 0 Å². The Bertz CT molecular complexity index is 395. The molecule has 0 heterocycles.